The molecule has 0 aliphatic carbocycles. The van der Waals surface area contributed by atoms with Gasteiger partial charge in [0.05, 0.1) is 24.5 Å². The summed E-state index contributed by atoms with van der Waals surface area (Å²) in [6.07, 6.45) is 0.568. The molecule has 0 fully saturated rings. The van der Waals surface area contributed by atoms with Crippen LogP contribution in [0.15, 0.2) is 58.7 Å². The highest BCUT2D eigenvalue weighted by Gasteiger charge is 2.17. The van der Waals surface area contributed by atoms with Crippen LogP contribution in [0.1, 0.15) is 38.5 Å². The minimum atomic E-state index is -1.06. The number of carboxylic acids is 1. The van der Waals surface area contributed by atoms with Crippen molar-refractivity contribution in [2.24, 2.45) is 0 Å². The maximum atomic E-state index is 12.7. The van der Waals surface area contributed by atoms with Gasteiger partial charge in [0, 0.05) is 12.1 Å². The summed E-state index contributed by atoms with van der Waals surface area (Å²) in [5, 5.41) is 13.6. The predicted molar refractivity (Wildman–Crippen MR) is 132 cm³/mol. The Balaban J connectivity index is 1.45. The minimum absolute atomic E-state index is 0.0123. The number of amides is 1. The minimum Gasteiger partial charge on any atom is -0.497 e. The first-order valence-corrected chi connectivity index (χ1v) is 11.5. The molecule has 0 atom stereocenters. The van der Waals surface area contributed by atoms with Gasteiger partial charge in [-0.05, 0) is 59.3 Å². The van der Waals surface area contributed by atoms with Crippen LogP contribution in [0.5, 0.6) is 5.75 Å². The molecule has 0 spiro atoms. The summed E-state index contributed by atoms with van der Waals surface area (Å²) in [6.45, 7) is 0. The Morgan fingerprint density at radius 3 is 2.63 bits per heavy atom. The number of fused-ring (bicyclic) bond motifs is 1. The Labute approximate surface area is 203 Å². The fourth-order valence-electron chi connectivity index (χ4n) is 3.55. The van der Waals surface area contributed by atoms with Gasteiger partial charge in [0.25, 0.3) is 5.56 Å². The van der Waals surface area contributed by atoms with E-state index in [1.807, 2.05) is 24.3 Å². The molecular weight excluding hydrogens is 470 g/mol. The second-order valence-corrected chi connectivity index (χ2v) is 8.60. The lowest BCUT2D eigenvalue weighted by molar-refractivity contribution is -0.115. The number of aromatic amines is 1. The monoisotopic (exact) mass is 491 g/mol. The van der Waals surface area contributed by atoms with Gasteiger partial charge < -0.3 is 20.1 Å². The van der Waals surface area contributed by atoms with Crippen molar-refractivity contribution in [3.8, 4) is 5.75 Å². The van der Waals surface area contributed by atoms with Gasteiger partial charge in [-0.1, -0.05) is 12.1 Å². The molecule has 2 aromatic carbocycles. The van der Waals surface area contributed by atoms with E-state index in [0.29, 0.717) is 28.3 Å². The fourth-order valence-corrected chi connectivity index (χ4v) is 4.49. The number of ether oxygens (including phenoxy) is 1. The van der Waals surface area contributed by atoms with E-state index in [0.717, 1.165) is 5.56 Å². The van der Waals surface area contributed by atoms with E-state index >= 15 is 0 Å². The fraction of sp³-hybridized carbons (Fsp3) is 0.160. The van der Waals surface area contributed by atoms with E-state index in [2.05, 4.69) is 15.3 Å². The summed E-state index contributed by atoms with van der Waals surface area (Å²) in [7, 11) is 1.57. The number of H-pyrrole nitrogens is 1. The van der Waals surface area contributed by atoms with E-state index in [-0.39, 0.29) is 41.3 Å². The van der Waals surface area contributed by atoms with Crippen molar-refractivity contribution >= 4 is 44.9 Å². The SMILES string of the molecule is COc1cccc(CCC(=O)c2nc3scc(CC(=O)Nc4ccc(C(=O)O)cc4)c3c(=O)[nH]2)c1. The molecule has 178 valence electrons. The Morgan fingerprint density at radius 1 is 1.14 bits per heavy atom. The summed E-state index contributed by atoms with van der Waals surface area (Å²) in [5.74, 6) is -1.02. The summed E-state index contributed by atoms with van der Waals surface area (Å²) >= 11 is 1.19. The number of carbonyl (C=O) groups is 3. The van der Waals surface area contributed by atoms with E-state index in [9.17, 15) is 19.2 Å². The van der Waals surface area contributed by atoms with E-state index in [1.165, 1.54) is 35.6 Å². The van der Waals surface area contributed by atoms with Crippen molar-refractivity contribution in [3.05, 3.63) is 86.8 Å². The maximum Gasteiger partial charge on any atom is 0.335 e. The predicted octanol–water partition coefficient (Wildman–Crippen LogP) is 3.69. The maximum absolute atomic E-state index is 12.7. The number of aromatic nitrogens is 2. The molecule has 0 bridgehead atoms. The largest absolute Gasteiger partial charge is 0.497 e. The summed E-state index contributed by atoms with van der Waals surface area (Å²) in [4.78, 5) is 56.1. The van der Waals surface area contributed by atoms with Crippen molar-refractivity contribution < 1.29 is 24.2 Å². The number of aryl methyl sites for hydroxylation is 1. The number of Topliss-reactive ketones (excluding diaryl/α,β-unsaturated/α-hetero) is 1. The number of benzene rings is 2. The normalized spacial score (nSPS) is 10.8. The van der Waals surface area contributed by atoms with Crippen LogP contribution >= 0.6 is 11.3 Å². The number of thiophene rings is 1. The molecule has 0 unspecified atom stereocenters. The van der Waals surface area contributed by atoms with Crippen molar-refractivity contribution in [1.29, 1.82) is 0 Å². The number of aromatic carboxylic acids is 1. The highest BCUT2D eigenvalue weighted by molar-refractivity contribution is 7.16. The number of rotatable bonds is 9. The number of hydrogen-bond donors (Lipinski definition) is 3. The van der Waals surface area contributed by atoms with E-state index < -0.39 is 11.5 Å². The van der Waals surface area contributed by atoms with Gasteiger partial charge in [-0.3, -0.25) is 14.4 Å². The zero-order valence-corrected chi connectivity index (χ0v) is 19.5. The number of nitrogens with one attached hydrogen (secondary N) is 2. The van der Waals surface area contributed by atoms with Gasteiger partial charge in [-0.25, -0.2) is 9.78 Å². The van der Waals surface area contributed by atoms with Crippen LogP contribution in [0.2, 0.25) is 0 Å². The zero-order chi connectivity index (χ0) is 24.9. The number of carbonyl (C=O) groups excluding carboxylic acids is 2. The second kappa shape index (κ2) is 10.3. The smallest absolute Gasteiger partial charge is 0.335 e. The molecule has 0 saturated carbocycles. The zero-order valence-electron chi connectivity index (χ0n) is 18.7. The summed E-state index contributed by atoms with van der Waals surface area (Å²) in [6, 6.07) is 13.2. The average Bonchev–Trinajstić information content (AvgIpc) is 3.25. The number of hydrogen-bond acceptors (Lipinski definition) is 7. The Morgan fingerprint density at radius 2 is 1.91 bits per heavy atom. The number of ketones is 1. The number of carboxylic acid groups (broad SMARTS) is 1. The second-order valence-electron chi connectivity index (χ2n) is 7.74. The van der Waals surface area contributed by atoms with Crippen molar-refractivity contribution in [2.75, 3.05) is 12.4 Å². The third-order valence-corrected chi connectivity index (χ3v) is 6.25. The van der Waals surface area contributed by atoms with Crippen LogP contribution in [0.4, 0.5) is 5.69 Å². The first kappa shape index (κ1) is 23.8. The van der Waals surface area contributed by atoms with Gasteiger partial charge in [0.2, 0.25) is 5.91 Å². The quantitative estimate of drug-likeness (QED) is 0.304. The first-order chi connectivity index (χ1) is 16.8. The molecule has 0 aliphatic heterocycles. The third kappa shape index (κ3) is 5.61. The van der Waals surface area contributed by atoms with Crippen LogP contribution in [-0.2, 0) is 17.6 Å². The van der Waals surface area contributed by atoms with Gasteiger partial charge in [-0.2, -0.15) is 0 Å². The highest BCUT2D eigenvalue weighted by Crippen LogP contribution is 2.23. The van der Waals surface area contributed by atoms with Crippen molar-refractivity contribution in [3.63, 3.8) is 0 Å². The van der Waals surface area contributed by atoms with Crippen molar-refractivity contribution in [1.82, 2.24) is 9.97 Å². The molecule has 10 heteroatoms. The molecule has 4 rings (SSSR count). The molecular formula is C25H21N3O6S. The van der Waals surface area contributed by atoms with E-state index in [4.69, 9.17) is 9.84 Å². The van der Waals surface area contributed by atoms with Gasteiger partial charge in [-0.15, -0.1) is 11.3 Å². The molecule has 1 amide bonds. The lowest BCUT2D eigenvalue weighted by Gasteiger charge is -2.06. The molecule has 3 N–H and O–H groups in total. The molecule has 35 heavy (non-hydrogen) atoms. The van der Waals surface area contributed by atoms with Crippen LogP contribution < -0.4 is 15.6 Å². The number of nitrogens with zero attached hydrogens (tertiary/aromatic N) is 1. The van der Waals surface area contributed by atoms with Crippen LogP contribution in [-0.4, -0.2) is 39.8 Å². The summed E-state index contributed by atoms with van der Waals surface area (Å²) < 4.78 is 5.19. The number of methoxy groups -OCH3 is 1. The van der Waals surface area contributed by atoms with Crippen LogP contribution in [0, 0.1) is 0 Å². The third-order valence-electron chi connectivity index (χ3n) is 5.33. The number of anilines is 1. The summed E-state index contributed by atoms with van der Waals surface area (Å²) in [5.41, 5.74) is 1.50. The van der Waals surface area contributed by atoms with Crippen LogP contribution in [0.3, 0.4) is 0 Å². The van der Waals surface area contributed by atoms with Crippen LogP contribution in [0.25, 0.3) is 10.2 Å². The topological polar surface area (TPSA) is 138 Å². The first-order valence-electron chi connectivity index (χ1n) is 10.6. The Bertz CT molecular complexity index is 1470. The molecule has 0 saturated heterocycles. The molecule has 0 aliphatic rings. The van der Waals surface area contributed by atoms with Gasteiger partial charge in [0.15, 0.2) is 11.6 Å². The van der Waals surface area contributed by atoms with Gasteiger partial charge in [0.1, 0.15) is 10.6 Å². The molecule has 2 aromatic heterocycles. The standard InChI is InChI=1S/C25H21N3O6S/c1-34-18-4-2-3-14(11-18)5-10-19(29)22-27-23(31)21-16(13-35-24(21)28-22)12-20(30)26-17-8-6-15(7-9-17)25(32)33/h2-4,6-9,11,13H,5,10,12H2,1H3,(H,26,30)(H,32,33)(H,27,28,31). The molecule has 0 radical (unpaired) electrons. The average molecular weight is 492 g/mol. The lowest BCUT2D eigenvalue weighted by Crippen LogP contribution is -2.18. The lowest BCUT2D eigenvalue weighted by atomic mass is 10.1. The van der Waals surface area contributed by atoms with E-state index in [1.54, 1.807) is 12.5 Å². The molecule has 4 aromatic rings. The highest BCUT2D eigenvalue weighted by atomic mass is 32.1. The molecule has 9 nitrogen and oxygen atoms in total. The Kier molecular flexibility index (Phi) is 7.02. The Hall–Kier alpha value is -4.31. The van der Waals surface area contributed by atoms with Gasteiger partial charge >= 0.3 is 5.97 Å². The van der Waals surface area contributed by atoms with Crippen molar-refractivity contribution in [2.45, 2.75) is 19.3 Å². The molecule has 2 heterocycles.